The summed E-state index contributed by atoms with van der Waals surface area (Å²) in [5.41, 5.74) is 2.95. The van der Waals surface area contributed by atoms with Crippen molar-refractivity contribution in [3.63, 3.8) is 0 Å². The first-order valence-corrected chi connectivity index (χ1v) is 3.72. The van der Waals surface area contributed by atoms with E-state index in [2.05, 4.69) is 6.58 Å². The van der Waals surface area contributed by atoms with Gasteiger partial charge in [-0.2, -0.15) is 0 Å². The molecule has 0 bridgehead atoms. The van der Waals surface area contributed by atoms with Crippen LogP contribution >= 0.6 is 0 Å². The zero-order valence-electron chi connectivity index (χ0n) is 7.52. The van der Waals surface area contributed by atoms with Gasteiger partial charge >= 0.3 is 0 Å². The molecule has 1 nitrogen and oxygen atoms in total. The third-order valence-corrected chi connectivity index (χ3v) is 1.57. The first-order chi connectivity index (χ1) is 5.13. The van der Waals surface area contributed by atoms with E-state index in [1.54, 1.807) is 0 Å². The Morgan fingerprint density at radius 2 is 2.00 bits per heavy atom. The topological polar surface area (TPSA) is 20.2 Å². The Bertz CT molecular complexity index is 197. The van der Waals surface area contributed by atoms with Gasteiger partial charge in [-0.3, -0.25) is 0 Å². The highest BCUT2D eigenvalue weighted by Crippen LogP contribution is 2.12. The minimum absolute atomic E-state index is 0.0749. The lowest BCUT2D eigenvalue weighted by atomic mass is 10.0. The summed E-state index contributed by atoms with van der Waals surface area (Å²) in [6, 6.07) is 0. The summed E-state index contributed by atoms with van der Waals surface area (Å²) < 4.78 is 0. The molecule has 11 heavy (non-hydrogen) atoms. The molecule has 0 heterocycles. The number of aliphatic hydroxyl groups excluding tert-OH is 1. The minimum Gasteiger partial charge on any atom is -0.392 e. The zero-order valence-corrected chi connectivity index (χ0v) is 7.52. The predicted molar refractivity (Wildman–Crippen MR) is 49.4 cm³/mol. The molecular weight excluding hydrogens is 136 g/mol. The molecule has 1 N–H and O–H groups in total. The molecule has 0 saturated carbocycles. The van der Waals surface area contributed by atoms with Gasteiger partial charge in [0.05, 0.1) is 6.61 Å². The van der Waals surface area contributed by atoms with Crippen molar-refractivity contribution >= 4 is 0 Å². The predicted octanol–water partition coefficient (Wildman–Crippen LogP) is 2.45. The fourth-order valence-corrected chi connectivity index (χ4v) is 0.947. The SMILES string of the molecule is C=C(C)/C(CO)=C(C)\C=C/C. The van der Waals surface area contributed by atoms with Gasteiger partial charge in [-0.25, -0.2) is 0 Å². The lowest BCUT2D eigenvalue weighted by molar-refractivity contribution is 0.332. The first-order valence-electron chi connectivity index (χ1n) is 3.72. The number of aliphatic hydroxyl groups is 1. The fraction of sp³-hybridized carbons (Fsp3) is 0.400. The Kier molecular flexibility index (Phi) is 4.55. The van der Waals surface area contributed by atoms with Gasteiger partial charge in [-0.1, -0.05) is 24.3 Å². The van der Waals surface area contributed by atoms with Crippen molar-refractivity contribution in [2.75, 3.05) is 6.61 Å². The Morgan fingerprint density at radius 1 is 1.45 bits per heavy atom. The van der Waals surface area contributed by atoms with Gasteiger partial charge in [0.2, 0.25) is 0 Å². The Hall–Kier alpha value is -0.820. The van der Waals surface area contributed by atoms with Crippen LogP contribution in [0.15, 0.2) is 35.5 Å². The van der Waals surface area contributed by atoms with Gasteiger partial charge in [0.1, 0.15) is 0 Å². The standard InChI is InChI=1S/C10H16O/c1-5-6-9(4)10(7-11)8(2)3/h5-6,11H,2,7H2,1,3-4H3/b6-5-,10-9-. The van der Waals surface area contributed by atoms with Gasteiger partial charge in [-0.05, 0) is 31.9 Å². The summed E-state index contributed by atoms with van der Waals surface area (Å²) in [6.07, 6.45) is 3.92. The van der Waals surface area contributed by atoms with Crippen LogP contribution in [-0.2, 0) is 0 Å². The third kappa shape index (κ3) is 3.19. The highest BCUT2D eigenvalue weighted by molar-refractivity contribution is 5.36. The molecule has 0 fully saturated rings. The number of hydrogen-bond donors (Lipinski definition) is 1. The molecular formula is C10H16O. The molecule has 0 aromatic carbocycles. The van der Waals surface area contributed by atoms with Crippen LogP contribution in [0.1, 0.15) is 20.8 Å². The average Bonchev–Trinajstić information content (AvgIpc) is 1.88. The van der Waals surface area contributed by atoms with Crippen molar-refractivity contribution in [2.24, 2.45) is 0 Å². The molecule has 62 valence electrons. The molecule has 0 saturated heterocycles. The second kappa shape index (κ2) is 4.91. The van der Waals surface area contributed by atoms with E-state index in [4.69, 9.17) is 5.11 Å². The second-order valence-electron chi connectivity index (χ2n) is 2.60. The fourth-order valence-electron chi connectivity index (χ4n) is 0.947. The maximum atomic E-state index is 8.94. The highest BCUT2D eigenvalue weighted by Gasteiger charge is 1.98. The second-order valence-corrected chi connectivity index (χ2v) is 2.60. The molecule has 0 aliphatic heterocycles. The van der Waals surface area contributed by atoms with Crippen molar-refractivity contribution in [3.8, 4) is 0 Å². The van der Waals surface area contributed by atoms with Gasteiger partial charge in [0.25, 0.3) is 0 Å². The van der Waals surface area contributed by atoms with Crippen molar-refractivity contribution in [2.45, 2.75) is 20.8 Å². The van der Waals surface area contributed by atoms with Crippen molar-refractivity contribution in [1.82, 2.24) is 0 Å². The number of allylic oxidation sites excluding steroid dienone is 3. The largest absolute Gasteiger partial charge is 0.392 e. The molecule has 0 radical (unpaired) electrons. The molecule has 0 aliphatic rings. The molecule has 0 aromatic rings. The number of hydrogen-bond acceptors (Lipinski definition) is 1. The van der Waals surface area contributed by atoms with Gasteiger partial charge in [0, 0.05) is 0 Å². The Balaban J connectivity index is 4.67. The van der Waals surface area contributed by atoms with Crippen LogP contribution in [0, 0.1) is 0 Å². The molecule has 0 amide bonds. The van der Waals surface area contributed by atoms with E-state index in [1.807, 2.05) is 32.9 Å². The van der Waals surface area contributed by atoms with Crippen LogP contribution in [0.2, 0.25) is 0 Å². The molecule has 1 heteroatoms. The maximum Gasteiger partial charge on any atom is 0.0686 e. The summed E-state index contributed by atoms with van der Waals surface area (Å²) in [5, 5.41) is 8.94. The minimum atomic E-state index is 0.0749. The Morgan fingerprint density at radius 3 is 2.27 bits per heavy atom. The lowest BCUT2D eigenvalue weighted by Crippen LogP contribution is -1.94. The first kappa shape index (κ1) is 10.2. The smallest absolute Gasteiger partial charge is 0.0686 e. The normalized spacial score (nSPS) is 13.5. The van der Waals surface area contributed by atoms with E-state index < -0.39 is 0 Å². The summed E-state index contributed by atoms with van der Waals surface area (Å²) in [5.74, 6) is 0. The number of rotatable bonds is 3. The lowest BCUT2D eigenvalue weighted by Gasteiger charge is -2.05. The van der Waals surface area contributed by atoms with E-state index in [9.17, 15) is 0 Å². The van der Waals surface area contributed by atoms with Crippen molar-refractivity contribution in [3.05, 3.63) is 35.5 Å². The van der Waals surface area contributed by atoms with Crippen LogP contribution in [0.5, 0.6) is 0 Å². The van der Waals surface area contributed by atoms with E-state index in [-0.39, 0.29) is 6.61 Å². The van der Waals surface area contributed by atoms with Gasteiger partial charge < -0.3 is 5.11 Å². The van der Waals surface area contributed by atoms with Crippen molar-refractivity contribution < 1.29 is 5.11 Å². The summed E-state index contributed by atoms with van der Waals surface area (Å²) in [7, 11) is 0. The van der Waals surface area contributed by atoms with Crippen LogP contribution in [0.25, 0.3) is 0 Å². The molecule has 0 unspecified atom stereocenters. The summed E-state index contributed by atoms with van der Waals surface area (Å²) in [6.45, 7) is 9.68. The van der Waals surface area contributed by atoms with E-state index in [0.29, 0.717) is 0 Å². The van der Waals surface area contributed by atoms with Gasteiger partial charge in [0.15, 0.2) is 0 Å². The highest BCUT2D eigenvalue weighted by atomic mass is 16.3. The van der Waals surface area contributed by atoms with Crippen LogP contribution in [0.4, 0.5) is 0 Å². The zero-order chi connectivity index (χ0) is 8.85. The maximum absolute atomic E-state index is 8.94. The monoisotopic (exact) mass is 152 g/mol. The Labute approximate surface area is 68.7 Å². The van der Waals surface area contributed by atoms with Gasteiger partial charge in [-0.15, -0.1) is 0 Å². The summed E-state index contributed by atoms with van der Waals surface area (Å²) in [4.78, 5) is 0. The van der Waals surface area contributed by atoms with Crippen LogP contribution in [-0.4, -0.2) is 11.7 Å². The van der Waals surface area contributed by atoms with Crippen LogP contribution in [0.3, 0.4) is 0 Å². The average molecular weight is 152 g/mol. The quantitative estimate of drug-likeness (QED) is 0.616. The molecule has 0 aliphatic carbocycles. The molecule has 0 rings (SSSR count). The molecule has 0 atom stereocenters. The van der Waals surface area contributed by atoms with E-state index in [0.717, 1.165) is 16.7 Å². The van der Waals surface area contributed by atoms with E-state index in [1.165, 1.54) is 0 Å². The van der Waals surface area contributed by atoms with Crippen molar-refractivity contribution in [1.29, 1.82) is 0 Å². The molecule has 0 spiro atoms. The summed E-state index contributed by atoms with van der Waals surface area (Å²) >= 11 is 0. The van der Waals surface area contributed by atoms with Crippen LogP contribution < -0.4 is 0 Å². The van der Waals surface area contributed by atoms with E-state index >= 15 is 0 Å². The third-order valence-electron chi connectivity index (χ3n) is 1.57. The molecule has 0 aromatic heterocycles.